The number of ether oxygens (including phenoxy) is 2. The number of ketones is 1. The molecule has 0 amide bonds. The van der Waals surface area contributed by atoms with Crippen LogP contribution in [0.15, 0.2) is 24.3 Å². The van der Waals surface area contributed by atoms with Crippen LogP contribution in [0.2, 0.25) is 5.02 Å². The van der Waals surface area contributed by atoms with Crippen LogP contribution >= 0.6 is 11.6 Å². The van der Waals surface area contributed by atoms with E-state index in [0.717, 1.165) is 12.1 Å². The number of carbonyl (C=O) groups excluding carboxylic acids is 2. The van der Waals surface area contributed by atoms with Crippen LogP contribution in [-0.4, -0.2) is 30.1 Å². The Hall–Kier alpha value is -1.55. The van der Waals surface area contributed by atoms with Gasteiger partial charge in [-0.15, -0.1) is 0 Å². The molecule has 116 valence electrons. The molecule has 0 aliphatic rings. The van der Waals surface area contributed by atoms with Gasteiger partial charge in [-0.2, -0.15) is 8.78 Å². The van der Waals surface area contributed by atoms with Gasteiger partial charge in [-0.3, -0.25) is 4.79 Å². The Morgan fingerprint density at radius 1 is 1.41 bits per heavy atom. The third-order valence-electron chi connectivity index (χ3n) is 2.14. The first-order valence-electron chi connectivity index (χ1n) is 5.71. The van der Waals surface area contributed by atoms with Gasteiger partial charge < -0.3 is 16.0 Å². The quantitative estimate of drug-likeness (QED) is 0.263. The van der Waals surface area contributed by atoms with E-state index in [0.29, 0.717) is 6.08 Å². The summed E-state index contributed by atoms with van der Waals surface area (Å²) in [6, 6.07) is 3.37. The fourth-order valence-electron chi connectivity index (χ4n) is 1.35. The van der Waals surface area contributed by atoms with Gasteiger partial charge in [-0.05, 0) is 25.1 Å². The first-order valence-corrected chi connectivity index (χ1v) is 6.08. The standard InChI is InChI=1S/C13H11ClF2O5.Li.H/c1-2-20-12(19)11(18)6-10(17)7-3-8(14)5-9(4-7)21-13(15)16;;/h3-6,13,17H,2H2,1H3;;/q;+1;-1. The third kappa shape index (κ3) is 6.48. The number of rotatable bonds is 6. The number of carbonyl (C=O) groups is 2. The summed E-state index contributed by atoms with van der Waals surface area (Å²) in [5, 5.41) is 9.73. The van der Waals surface area contributed by atoms with Crippen LogP contribution in [0, 0.1) is 0 Å². The molecule has 0 atom stereocenters. The number of benzene rings is 1. The summed E-state index contributed by atoms with van der Waals surface area (Å²) in [7, 11) is 0. The summed E-state index contributed by atoms with van der Waals surface area (Å²) < 4.78 is 32.8. The van der Waals surface area contributed by atoms with Crippen LogP contribution < -0.4 is 23.6 Å². The van der Waals surface area contributed by atoms with Crippen molar-refractivity contribution in [3.8, 4) is 5.75 Å². The van der Waals surface area contributed by atoms with Crippen molar-refractivity contribution in [2.75, 3.05) is 6.61 Å². The molecule has 1 rings (SSSR count). The summed E-state index contributed by atoms with van der Waals surface area (Å²) in [4.78, 5) is 22.5. The van der Waals surface area contributed by atoms with E-state index < -0.39 is 24.1 Å². The Balaban J connectivity index is 0. The van der Waals surface area contributed by atoms with E-state index in [9.17, 15) is 23.5 Å². The maximum absolute atomic E-state index is 12.1. The van der Waals surface area contributed by atoms with Crippen molar-refractivity contribution in [2.24, 2.45) is 0 Å². The first kappa shape index (κ1) is 20.4. The van der Waals surface area contributed by atoms with Gasteiger partial charge in [0, 0.05) is 16.7 Å². The Morgan fingerprint density at radius 2 is 2.05 bits per heavy atom. The third-order valence-corrected chi connectivity index (χ3v) is 2.35. The predicted molar refractivity (Wildman–Crippen MR) is 71.4 cm³/mol. The number of hydrogen-bond donors (Lipinski definition) is 1. The van der Waals surface area contributed by atoms with Crippen molar-refractivity contribution in [3.63, 3.8) is 0 Å². The normalized spacial score (nSPS) is 10.9. The molecule has 0 spiro atoms. The Kier molecular flexibility index (Phi) is 8.79. The minimum atomic E-state index is -3.07. The van der Waals surface area contributed by atoms with Crippen LogP contribution in [-0.2, 0) is 14.3 Å². The number of alkyl halides is 2. The van der Waals surface area contributed by atoms with E-state index >= 15 is 0 Å². The predicted octanol–water partition coefficient (Wildman–Crippen LogP) is 0.0890. The van der Waals surface area contributed by atoms with E-state index in [4.69, 9.17) is 11.6 Å². The van der Waals surface area contributed by atoms with Gasteiger partial charge in [0.05, 0.1) is 6.61 Å². The van der Waals surface area contributed by atoms with Crippen molar-refractivity contribution in [1.29, 1.82) is 0 Å². The smallest absolute Gasteiger partial charge is 1.00 e. The second kappa shape index (κ2) is 9.46. The molecule has 0 saturated carbocycles. The molecule has 0 aromatic heterocycles. The topological polar surface area (TPSA) is 72.8 Å². The van der Waals surface area contributed by atoms with Crippen molar-refractivity contribution in [1.82, 2.24) is 0 Å². The van der Waals surface area contributed by atoms with Gasteiger partial charge in [0.2, 0.25) is 0 Å². The maximum Gasteiger partial charge on any atom is 1.00 e. The van der Waals surface area contributed by atoms with Gasteiger partial charge >= 0.3 is 31.4 Å². The Bertz CT molecular complexity index is 583. The van der Waals surface area contributed by atoms with E-state index in [1.165, 1.54) is 13.0 Å². The minimum Gasteiger partial charge on any atom is -1.00 e. The molecular formula is C13H12ClF2LiO5. The molecule has 0 aliphatic carbocycles. The fourth-order valence-corrected chi connectivity index (χ4v) is 1.58. The molecule has 1 N–H and O–H groups in total. The zero-order valence-corrected chi connectivity index (χ0v) is 12.6. The van der Waals surface area contributed by atoms with Gasteiger partial charge in [-0.1, -0.05) is 11.6 Å². The molecule has 22 heavy (non-hydrogen) atoms. The van der Waals surface area contributed by atoms with Crippen molar-refractivity contribution < 1.29 is 53.2 Å². The molecular weight excluding hydrogens is 317 g/mol. The largest absolute Gasteiger partial charge is 1.00 e. The van der Waals surface area contributed by atoms with Gasteiger partial charge in [0.1, 0.15) is 11.5 Å². The summed E-state index contributed by atoms with van der Waals surface area (Å²) in [5.74, 6) is -3.16. The van der Waals surface area contributed by atoms with Crippen LogP contribution in [0.1, 0.15) is 13.9 Å². The molecule has 0 aliphatic heterocycles. The number of aliphatic hydroxyl groups is 1. The number of aliphatic hydroxyl groups excluding tert-OH is 1. The van der Waals surface area contributed by atoms with Crippen molar-refractivity contribution in [3.05, 3.63) is 34.9 Å². The molecule has 9 heteroatoms. The SMILES string of the molecule is CCOC(=O)C(=O)C=C(O)c1cc(Cl)cc(OC(F)F)c1.[H-].[Li+]. The maximum atomic E-state index is 12.1. The summed E-state index contributed by atoms with van der Waals surface area (Å²) >= 11 is 5.69. The number of halogens is 3. The summed E-state index contributed by atoms with van der Waals surface area (Å²) in [6.07, 6.45) is 0.607. The molecule has 0 heterocycles. The van der Waals surface area contributed by atoms with Crippen LogP contribution in [0.4, 0.5) is 8.78 Å². The summed E-state index contributed by atoms with van der Waals surface area (Å²) in [6.45, 7) is -1.55. The molecule has 1 aromatic carbocycles. The molecule has 0 radical (unpaired) electrons. The summed E-state index contributed by atoms with van der Waals surface area (Å²) in [5.41, 5.74) is -0.0594. The van der Waals surface area contributed by atoms with E-state index in [1.54, 1.807) is 0 Å². The minimum absolute atomic E-state index is 0. The molecule has 1 aromatic rings. The number of hydrogen-bond acceptors (Lipinski definition) is 5. The fraction of sp³-hybridized carbons (Fsp3) is 0.231. The molecule has 5 nitrogen and oxygen atoms in total. The average molecular weight is 329 g/mol. The van der Waals surface area contributed by atoms with Gasteiger partial charge in [0.25, 0.3) is 5.78 Å². The average Bonchev–Trinajstić information content (AvgIpc) is 2.37. The Morgan fingerprint density at radius 3 is 2.59 bits per heavy atom. The monoisotopic (exact) mass is 328 g/mol. The van der Waals surface area contributed by atoms with Gasteiger partial charge in [0.15, 0.2) is 0 Å². The zero-order valence-electron chi connectivity index (χ0n) is 12.8. The van der Waals surface area contributed by atoms with Gasteiger partial charge in [-0.25, -0.2) is 4.79 Å². The molecule has 0 saturated heterocycles. The van der Waals surface area contributed by atoms with Crippen molar-refractivity contribution in [2.45, 2.75) is 13.5 Å². The first-order chi connectivity index (χ1) is 9.83. The van der Waals surface area contributed by atoms with Crippen LogP contribution in [0.25, 0.3) is 5.76 Å². The van der Waals surface area contributed by atoms with E-state index in [2.05, 4.69) is 9.47 Å². The zero-order chi connectivity index (χ0) is 16.0. The molecule has 0 bridgehead atoms. The molecule has 0 fully saturated rings. The second-order valence-electron chi connectivity index (χ2n) is 3.67. The molecule has 0 unspecified atom stereocenters. The van der Waals surface area contributed by atoms with Crippen LogP contribution in [0.5, 0.6) is 5.75 Å². The number of esters is 1. The van der Waals surface area contributed by atoms with E-state index in [1.807, 2.05) is 0 Å². The van der Waals surface area contributed by atoms with Crippen LogP contribution in [0.3, 0.4) is 0 Å². The Labute approximate surface area is 143 Å². The second-order valence-corrected chi connectivity index (χ2v) is 4.10. The van der Waals surface area contributed by atoms with E-state index in [-0.39, 0.29) is 43.2 Å². The van der Waals surface area contributed by atoms with Crippen molar-refractivity contribution >= 4 is 29.1 Å².